The van der Waals surface area contributed by atoms with Crippen LogP contribution in [0, 0.1) is 0 Å². The standard InChI is InChI=1S/C22H24N2O2/c1-26-20-9-3-16(4-10-20)5-11-22(25)24(19-7-8-19)15-17-2-6-18-12-13-23-21(18)14-17/h2-4,6,9-10,12-14,19,23H,5,7-8,11,15H2,1H3. The van der Waals surface area contributed by atoms with Gasteiger partial charge in [0.2, 0.25) is 5.91 Å². The number of aryl methyl sites for hydroxylation is 1. The number of carbonyl (C=O) groups excluding carboxylic acids is 1. The largest absolute Gasteiger partial charge is 0.497 e. The minimum atomic E-state index is 0.245. The number of ether oxygens (including phenoxy) is 1. The molecule has 4 heteroatoms. The fourth-order valence-electron chi connectivity index (χ4n) is 3.38. The third kappa shape index (κ3) is 3.74. The Morgan fingerprint density at radius 1 is 1.12 bits per heavy atom. The number of H-pyrrole nitrogens is 1. The summed E-state index contributed by atoms with van der Waals surface area (Å²) >= 11 is 0. The van der Waals surface area contributed by atoms with Crippen molar-refractivity contribution in [2.24, 2.45) is 0 Å². The van der Waals surface area contributed by atoms with Crippen molar-refractivity contribution in [1.29, 1.82) is 0 Å². The second-order valence-electron chi connectivity index (χ2n) is 7.00. The van der Waals surface area contributed by atoms with Crippen molar-refractivity contribution in [2.75, 3.05) is 7.11 Å². The second kappa shape index (κ2) is 7.24. The van der Waals surface area contributed by atoms with Gasteiger partial charge in [-0.15, -0.1) is 0 Å². The first-order chi connectivity index (χ1) is 12.7. The van der Waals surface area contributed by atoms with Gasteiger partial charge in [0.25, 0.3) is 0 Å². The molecule has 1 heterocycles. The van der Waals surface area contributed by atoms with E-state index in [4.69, 9.17) is 4.74 Å². The molecule has 2 aromatic carbocycles. The van der Waals surface area contributed by atoms with E-state index in [0.717, 1.165) is 30.5 Å². The van der Waals surface area contributed by atoms with E-state index in [-0.39, 0.29) is 5.91 Å². The zero-order valence-electron chi connectivity index (χ0n) is 15.1. The Bertz CT molecular complexity index is 894. The summed E-state index contributed by atoms with van der Waals surface area (Å²) in [4.78, 5) is 18.1. The number of nitrogens with one attached hydrogen (secondary N) is 1. The van der Waals surface area contributed by atoms with Crippen LogP contribution in [0.5, 0.6) is 5.75 Å². The normalized spacial score (nSPS) is 13.7. The summed E-state index contributed by atoms with van der Waals surface area (Å²) in [5.74, 6) is 1.09. The fourth-order valence-corrected chi connectivity index (χ4v) is 3.38. The molecule has 1 saturated carbocycles. The van der Waals surface area contributed by atoms with Crippen molar-refractivity contribution >= 4 is 16.8 Å². The van der Waals surface area contributed by atoms with E-state index in [1.54, 1.807) is 7.11 Å². The Hall–Kier alpha value is -2.75. The topological polar surface area (TPSA) is 45.3 Å². The molecule has 4 nitrogen and oxygen atoms in total. The Labute approximate surface area is 153 Å². The molecule has 26 heavy (non-hydrogen) atoms. The lowest BCUT2D eigenvalue weighted by Crippen LogP contribution is -2.32. The van der Waals surface area contributed by atoms with Crippen LogP contribution in [0.4, 0.5) is 0 Å². The Kier molecular flexibility index (Phi) is 4.65. The number of amides is 1. The molecule has 1 aliphatic rings. The van der Waals surface area contributed by atoms with Crippen LogP contribution in [0.25, 0.3) is 10.9 Å². The highest BCUT2D eigenvalue weighted by atomic mass is 16.5. The summed E-state index contributed by atoms with van der Waals surface area (Å²) in [6, 6.07) is 16.8. The number of rotatable bonds is 7. The Balaban J connectivity index is 1.41. The molecule has 0 bridgehead atoms. The molecule has 0 unspecified atom stereocenters. The second-order valence-corrected chi connectivity index (χ2v) is 7.00. The van der Waals surface area contributed by atoms with Crippen molar-refractivity contribution < 1.29 is 9.53 Å². The van der Waals surface area contributed by atoms with Gasteiger partial charge in [0.15, 0.2) is 0 Å². The van der Waals surface area contributed by atoms with E-state index in [2.05, 4.69) is 34.1 Å². The van der Waals surface area contributed by atoms with E-state index in [1.165, 1.54) is 16.5 Å². The SMILES string of the molecule is COc1ccc(CCC(=O)N(Cc2ccc3cc[nH]c3c2)C2CC2)cc1. The summed E-state index contributed by atoms with van der Waals surface area (Å²) < 4.78 is 5.19. The molecule has 1 aliphatic carbocycles. The molecule has 0 atom stereocenters. The lowest BCUT2D eigenvalue weighted by molar-refractivity contribution is -0.132. The number of aromatic amines is 1. The maximum Gasteiger partial charge on any atom is 0.223 e. The lowest BCUT2D eigenvalue weighted by atomic mass is 10.1. The molecule has 1 amide bonds. The zero-order chi connectivity index (χ0) is 17.9. The summed E-state index contributed by atoms with van der Waals surface area (Å²) in [6.07, 6.45) is 5.51. The van der Waals surface area contributed by atoms with E-state index < -0.39 is 0 Å². The number of hydrogen-bond acceptors (Lipinski definition) is 2. The fraction of sp³-hybridized carbons (Fsp3) is 0.318. The first kappa shape index (κ1) is 16.7. The summed E-state index contributed by atoms with van der Waals surface area (Å²) in [6.45, 7) is 0.696. The van der Waals surface area contributed by atoms with Crippen molar-refractivity contribution in [1.82, 2.24) is 9.88 Å². The zero-order valence-corrected chi connectivity index (χ0v) is 15.1. The molecule has 0 radical (unpaired) electrons. The van der Waals surface area contributed by atoms with E-state index in [0.29, 0.717) is 19.0 Å². The van der Waals surface area contributed by atoms with E-state index in [1.807, 2.05) is 30.5 Å². The van der Waals surface area contributed by atoms with Crippen molar-refractivity contribution in [3.63, 3.8) is 0 Å². The molecule has 1 N–H and O–H groups in total. The molecule has 0 aliphatic heterocycles. The Morgan fingerprint density at radius 3 is 2.62 bits per heavy atom. The third-order valence-electron chi connectivity index (χ3n) is 5.07. The molecule has 4 rings (SSSR count). The number of carbonyl (C=O) groups is 1. The smallest absolute Gasteiger partial charge is 0.223 e. The van der Waals surface area contributed by atoms with Crippen LogP contribution in [0.15, 0.2) is 54.7 Å². The van der Waals surface area contributed by atoms with Crippen molar-refractivity contribution in [3.8, 4) is 5.75 Å². The van der Waals surface area contributed by atoms with Gasteiger partial charge in [-0.1, -0.05) is 24.3 Å². The highest BCUT2D eigenvalue weighted by Crippen LogP contribution is 2.30. The van der Waals surface area contributed by atoms with Gasteiger partial charge >= 0.3 is 0 Å². The van der Waals surface area contributed by atoms with Crippen LogP contribution < -0.4 is 4.74 Å². The average Bonchev–Trinajstić information content (AvgIpc) is 3.41. The predicted octanol–water partition coefficient (Wildman–Crippen LogP) is 4.30. The maximum atomic E-state index is 12.8. The first-order valence-corrected chi connectivity index (χ1v) is 9.21. The highest BCUT2D eigenvalue weighted by molar-refractivity contribution is 5.80. The van der Waals surface area contributed by atoms with Gasteiger partial charge in [-0.05, 0) is 60.0 Å². The van der Waals surface area contributed by atoms with Crippen molar-refractivity contribution in [3.05, 3.63) is 65.9 Å². The Morgan fingerprint density at radius 2 is 1.88 bits per heavy atom. The van der Waals surface area contributed by atoms with Crippen molar-refractivity contribution in [2.45, 2.75) is 38.3 Å². The third-order valence-corrected chi connectivity index (χ3v) is 5.07. The van der Waals surface area contributed by atoms with Crippen LogP contribution in [0.2, 0.25) is 0 Å². The van der Waals surface area contributed by atoms with Crippen LogP contribution in [0.1, 0.15) is 30.4 Å². The quantitative estimate of drug-likeness (QED) is 0.692. The van der Waals surface area contributed by atoms with Crippen LogP contribution in [-0.2, 0) is 17.8 Å². The highest BCUT2D eigenvalue weighted by Gasteiger charge is 2.32. The van der Waals surface area contributed by atoms with Gasteiger partial charge in [-0.25, -0.2) is 0 Å². The molecule has 1 fully saturated rings. The number of fused-ring (bicyclic) bond motifs is 1. The monoisotopic (exact) mass is 348 g/mol. The molecule has 134 valence electrons. The summed E-state index contributed by atoms with van der Waals surface area (Å²) in [5, 5.41) is 1.21. The van der Waals surface area contributed by atoms with Gasteiger partial charge in [0.1, 0.15) is 5.75 Å². The minimum absolute atomic E-state index is 0.245. The van der Waals surface area contributed by atoms with Gasteiger partial charge in [-0.3, -0.25) is 4.79 Å². The van der Waals surface area contributed by atoms with Gasteiger partial charge in [0.05, 0.1) is 7.11 Å². The first-order valence-electron chi connectivity index (χ1n) is 9.21. The lowest BCUT2D eigenvalue weighted by Gasteiger charge is -2.23. The summed E-state index contributed by atoms with van der Waals surface area (Å²) in [5.41, 5.74) is 3.48. The number of nitrogens with zero attached hydrogens (tertiary/aromatic N) is 1. The van der Waals surface area contributed by atoms with Crippen LogP contribution in [0.3, 0.4) is 0 Å². The number of benzene rings is 2. The maximum absolute atomic E-state index is 12.8. The number of methoxy groups -OCH3 is 1. The van der Waals surface area contributed by atoms with Crippen LogP contribution >= 0.6 is 0 Å². The van der Waals surface area contributed by atoms with E-state index in [9.17, 15) is 4.79 Å². The minimum Gasteiger partial charge on any atom is -0.497 e. The van der Waals surface area contributed by atoms with E-state index >= 15 is 0 Å². The van der Waals surface area contributed by atoms with Gasteiger partial charge < -0.3 is 14.6 Å². The average molecular weight is 348 g/mol. The molecule has 0 spiro atoms. The van der Waals surface area contributed by atoms with Gasteiger partial charge in [-0.2, -0.15) is 0 Å². The molecular weight excluding hydrogens is 324 g/mol. The number of aromatic nitrogens is 1. The van der Waals surface area contributed by atoms with Crippen LogP contribution in [-0.4, -0.2) is 28.9 Å². The number of hydrogen-bond donors (Lipinski definition) is 1. The molecule has 3 aromatic rings. The molecular formula is C22H24N2O2. The van der Waals surface area contributed by atoms with Gasteiger partial charge in [0, 0.05) is 30.7 Å². The molecule has 1 aromatic heterocycles. The predicted molar refractivity (Wildman–Crippen MR) is 103 cm³/mol. The molecule has 0 saturated heterocycles. The summed E-state index contributed by atoms with van der Waals surface area (Å²) in [7, 11) is 1.66.